The molecule has 0 aliphatic rings. The van der Waals surface area contributed by atoms with E-state index in [1.807, 2.05) is 6.07 Å². The van der Waals surface area contributed by atoms with E-state index in [-0.39, 0.29) is 5.91 Å². The Morgan fingerprint density at radius 2 is 1.94 bits per heavy atom. The van der Waals surface area contributed by atoms with Gasteiger partial charge in [0.15, 0.2) is 0 Å². The third kappa shape index (κ3) is 3.20. The Morgan fingerprint density at radius 1 is 1.17 bits per heavy atom. The lowest BCUT2D eigenvalue weighted by Gasteiger charge is -2.02. The van der Waals surface area contributed by atoms with Crippen molar-refractivity contribution in [1.29, 1.82) is 0 Å². The molecular weight excluding hydrogens is 222 g/mol. The molecular formula is C16H17NO. The number of carbonyl (C=O) groups is 1. The molecule has 0 spiro atoms. The van der Waals surface area contributed by atoms with E-state index >= 15 is 0 Å². The molecule has 0 aromatic heterocycles. The van der Waals surface area contributed by atoms with Gasteiger partial charge in [-0.15, -0.1) is 0 Å². The summed E-state index contributed by atoms with van der Waals surface area (Å²) in [5, 5.41) is 5.29. The molecule has 0 saturated heterocycles. The number of fused-ring (bicyclic) bond motifs is 1. The molecule has 2 aromatic carbocycles. The molecule has 2 heteroatoms. The molecule has 0 heterocycles. The van der Waals surface area contributed by atoms with Crippen LogP contribution >= 0.6 is 0 Å². The number of hydrogen-bond acceptors (Lipinski definition) is 1. The molecule has 0 fully saturated rings. The summed E-state index contributed by atoms with van der Waals surface area (Å²) in [5.41, 5.74) is 1.22. The Labute approximate surface area is 107 Å². The summed E-state index contributed by atoms with van der Waals surface area (Å²) in [7, 11) is 0. The molecule has 2 aromatic rings. The molecule has 92 valence electrons. The van der Waals surface area contributed by atoms with Gasteiger partial charge < -0.3 is 5.32 Å². The Morgan fingerprint density at radius 3 is 2.78 bits per heavy atom. The molecule has 2 rings (SSSR count). The highest BCUT2D eigenvalue weighted by Crippen LogP contribution is 2.19. The van der Waals surface area contributed by atoms with E-state index in [1.165, 1.54) is 23.3 Å². The SMILES string of the molecule is CC(=O)NCCC=Cc1cccc2ccccc12. The highest BCUT2D eigenvalue weighted by molar-refractivity contribution is 5.90. The normalized spacial score (nSPS) is 10.9. The van der Waals surface area contributed by atoms with Crippen molar-refractivity contribution in [3.05, 3.63) is 54.1 Å². The molecule has 0 radical (unpaired) electrons. The number of benzene rings is 2. The van der Waals surface area contributed by atoms with Gasteiger partial charge in [-0.05, 0) is 22.8 Å². The molecule has 0 atom stereocenters. The van der Waals surface area contributed by atoms with Gasteiger partial charge in [0, 0.05) is 13.5 Å². The van der Waals surface area contributed by atoms with Gasteiger partial charge in [0.25, 0.3) is 0 Å². The Hall–Kier alpha value is -2.09. The third-order valence-electron chi connectivity index (χ3n) is 2.81. The van der Waals surface area contributed by atoms with Gasteiger partial charge in [-0.2, -0.15) is 0 Å². The highest BCUT2D eigenvalue weighted by atomic mass is 16.1. The van der Waals surface area contributed by atoms with E-state index in [0.717, 1.165) is 6.42 Å². The zero-order valence-corrected chi connectivity index (χ0v) is 10.5. The smallest absolute Gasteiger partial charge is 0.216 e. The van der Waals surface area contributed by atoms with Crippen LogP contribution in [-0.2, 0) is 4.79 Å². The predicted octanol–water partition coefficient (Wildman–Crippen LogP) is 3.38. The second-order valence-electron chi connectivity index (χ2n) is 4.24. The summed E-state index contributed by atoms with van der Waals surface area (Å²) in [4.78, 5) is 10.7. The second-order valence-corrected chi connectivity index (χ2v) is 4.24. The fourth-order valence-electron chi connectivity index (χ4n) is 1.94. The highest BCUT2D eigenvalue weighted by Gasteiger charge is 1.95. The third-order valence-corrected chi connectivity index (χ3v) is 2.81. The van der Waals surface area contributed by atoms with Crippen LogP contribution < -0.4 is 5.32 Å². The van der Waals surface area contributed by atoms with Crippen LogP contribution in [0.3, 0.4) is 0 Å². The zero-order valence-electron chi connectivity index (χ0n) is 10.5. The van der Waals surface area contributed by atoms with Gasteiger partial charge >= 0.3 is 0 Å². The maximum atomic E-state index is 10.7. The van der Waals surface area contributed by atoms with Crippen LogP contribution in [-0.4, -0.2) is 12.5 Å². The molecule has 0 bridgehead atoms. The summed E-state index contributed by atoms with van der Waals surface area (Å²) in [6.07, 6.45) is 5.06. The molecule has 2 nitrogen and oxygen atoms in total. The van der Waals surface area contributed by atoms with Crippen molar-refractivity contribution < 1.29 is 4.79 Å². The summed E-state index contributed by atoms with van der Waals surface area (Å²) >= 11 is 0. The van der Waals surface area contributed by atoms with E-state index in [2.05, 4.69) is 53.9 Å². The van der Waals surface area contributed by atoms with Gasteiger partial charge in [0.05, 0.1) is 0 Å². The number of hydrogen-bond donors (Lipinski definition) is 1. The van der Waals surface area contributed by atoms with Crippen molar-refractivity contribution in [2.24, 2.45) is 0 Å². The molecule has 0 aliphatic heterocycles. The van der Waals surface area contributed by atoms with Crippen LogP contribution in [0.1, 0.15) is 18.9 Å². The maximum absolute atomic E-state index is 10.7. The Balaban J connectivity index is 2.07. The average molecular weight is 239 g/mol. The van der Waals surface area contributed by atoms with Crippen molar-refractivity contribution in [2.75, 3.05) is 6.54 Å². The molecule has 1 N–H and O–H groups in total. The zero-order chi connectivity index (χ0) is 12.8. The van der Waals surface area contributed by atoms with E-state index in [1.54, 1.807) is 0 Å². The Bertz CT molecular complexity index is 567. The van der Waals surface area contributed by atoms with E-state index < -0.39 is 0 Å². The van der Waals surface area contributed by atoms with E-state index in [4.69, 9.17) is 0 Å². The predicted molar refractivity (Wildman–Crippen MR) is 76.3 cm³/mol. The lowest BCUT2D eigenvalue weighted by molar-refractivity contribution is -0.118. The van der Waals surface area contributed by atoms with Gasteiger partial charge in [-0.25, -0.2) is 0 Å². The van der Waals surface area contributed by atoms with Crippen LogP contribution in [0, 0.1) is 0 Å². The number of carbonyl (C=O) groups excluding carboxylic acids is 1. The first kappa shape index (κ1) is 12.4. The molecule has 0 unspecified atom stereocenters. The minimum atomic E-state index is 0.0218. The van der Waals surface area contributed by atoms with Gasteiger partial charge in [-0.3, -0.25) is 4.79 Å². The fraction of sp³-hybridized carbons (Fsp3) is 0.188. The summed E-state index contributed by atoms with van der Waals surface area (Å²) in [5.74, 6) is 0.0218. The van der Waals surface area contributed by atoms with Crippen LogP contribution in [0.5, 0.6) is 0 Å². The first-order valence-corrected chi connectivity index (χ1v) is 6.16. The molecule has 0 saturated carbocycles. The lowest BCUT2D eigenvalue weighted by Crippen LogP contribution is -2.20. The fourth-order valence-corrected chi connectivity index (χ4v) is 1.94. The lowest BCUT2D eigenvalue weighted by atomic mass is 10.0. The molecule has 1 amide bonds. The van der Waals surface area contributed by atoms with E-state index in [0.29, 0.717) is 6.54 Å². The van der Waals surface area contributed by atoms with Gasteiger partial charge in [-0.1, -0.05) is 54.6 Å². The van der Waals surface area contributed by atoms with Crippen molar-refractivity contribution in [3.8, 4) is 0 Å². The minimum absolute atomic E-state index is 0.0218. The maximum Gasteiger partial charge on any atom is 0.216 e. The first-order chi connectivity index (χ1) is 8.77. The van der Waals surface area contributed by atoms with Crippen LogP contribution in [0.25, 0.3) is 16.8 Å². The summed E-state index contributed by atoms with van der Waals surface area (Å²) in [6.45, 7) is 2.23. The molecule has 18 heavy (non-hydrogen) atoms. The van der Waals surface area contributed by atoms with Crippen molar-refractivity contribution >= 4 is 22.8 Å². The summed E-state index contributed by atoms with van der Waals surface area (Å²) < 4.78 is 0. The minimum Gasteiger partial charge on any atom is -0.356 e. The van der Waals surface area contributed by atoms with Crippen LogP contribution in [0.2, 0.25) is 0 Å². The number of rotatable bonds is 4. The van der Waals surface area contributed by atoms with Crippen molar-refractivity contribution in [1.82, 2.24) is 5.32 Å². The van der Waals surface area contributed by atoms with Crippen LogP contribution in [0.15, 0.2) is 48.5 Å². The molecule has 0 aliphatic carbocycles. The standard InChI is InChI=1S/C16H17NO/c1-13(18)17-12-5-4-8-15-10-6-9-14-7-2-3-11-16(14)15/h2-4,6-11H,5,12H2,1H3,(H,17,18). The number of amides is 1. The monoisotopic (exact) mass is 239 g/mol. The van der Waals surface area contributed by atoms with Gasteiger partial charge in [0.1, 0.15) is 0 Å². The van der Waals surface area contributed by atoms with Crippen LogP contribution in [0.4, 0.5) is 0 Å². The second kappa shape index (κ2) is 6.01. The first-order valence-electron chi connectivity index (χ1n) is 6.16. The average Bonchev–Trinajstić information content (AvgIpc) is 2.38. The topological polar surface area (TPSA) is 29.1 Å². The van der Waals surface area contributed by atoms with Gasteiger partial charge in [0.2, 0.25) is 5.91 Å². The van der Waals surface area contributed by atoms with Crippen molar-refractivity contribution in [3.63, 3.8) is 0 Å². The Kier molecular flexibility index (Phi) is 4.13. The quantitative estimate of drug-likeness (QED) is 0.814. The summed E-state index contributed by atoms with van der Waals surface area (Å²) in [6, 6.07) is 14.6. The van der Waals surface area contributed by atoms with E-state index in [9.17, 15) is 4.79 Å². The van der Waals surface area contributed by atoms with Crippen molar-refractivity contribution in [2.45, 2.75) is 13.3 Å². The largest absolute Gasteiger partial charge is 0.356 e. The number of nitrogens with one attached hydrogen (secondary N) is 1.